The summed E-state index contributed by atoms with van der Waals surface area (Å²) in [5, 5.41) is 0. The van der Waals surface area contributed by atoms with Crippen LogP contribution < -0.4 is 0 Å². The van der Waals surface area contributed by atoms with Crippen LogP contribution in [0.4, 0.5) is 0 Å². The van der Waals surface area contributed by atoms with Crippen molar-refractivity contribution in [2.75, 3.05) is 125 Å². The van der Waals surface area contributed by atoms with E-state index in [1.165, 1.54) is 0 Å². The van der Waals surface area contributed by atoms with E-state index in [4.69, 9.17) is 38.9 Å². The quantitative estimate of drug-likeness (QED) is 0.113. The van der Waals surface area contributed by atoms with E-state index >= 15 is 0 Å². The third-order valence-corrected chi connectivity index (χ3v) is 22.2. The second-order valence-electron chi connectivity index (χ2n) is 11.9. The minimum atomic E-state index is -3.53. The molecular formula is C26H66N4O9Si4. The average Bonchev–Trinajstić information content (AvgIpc) is 2.95. The summed E-state index contributed by atoms with van der Waals surface area (Å²) in [6.45, 7) is 3.42. The highest BCUT2D eigenvalue weighted by Gasteiger charge is 2.61. The fourth-order valence-electron chi connectivity index (χ4n) is 4.62. The fourth-order valence-corrected chi connectivity index (χ4v) is 20.4. The molecule has 0 saturated heterocycles. The highest BCUT2D eigenvalue weighted by molar-refractivity contribution is 6.83. The molecule has 0 radical (unpaired) electrons. The van der Waals surface area contributed by atoms with Gasteiger partial charge in [-0.3, -0.25) is 0 Å². The molecule has 43 heavy (non-hydrogen) atoms. The Morgan fingerprint density at radius 2 is 0.512 bits per heavy atom. The first-order valence-corrected chi connectivity index (χ1v) is 22.9. The normalized spacial score (nSPS) is 16.0. The van der Waals surface area contributed by atoms with Gasteiger partial charge in [0, 0.05) is 66.8 Å². The van der Waals surface area contributed by atoms with Gasteiger partial charge < -0.3 is 58.5 Å². The van der Waals surface area contributed by atoms with Gasteiger partial charge in [0.15, 0.2) is 0 Å². The molecule has 0 aliphatic heterocycles. The summed E-state index contributed by atoms with van der Waals surface area (Å²) in [7, 11) is 12.8. The Morgan fingerprint density at radius 1 is 0.326 bits per heavy atom. The van der Waals surface area contributed by atoms with Crippen LogP contribution in [0.15, 0.2) is 0 Å². The van der Waals surface area contributed by atoms with Crippen LogP contribution in [0.2, 0.25) is 24.2 Å². The molecule has 17 heteroatoms. The van der Waals surface area contributed by atoms with E-state index in [9.17, 15) is 0 Å². The maximum Gasteiger partial charge on any atom is 0.493 e. The summed E-state index contributed by atoms with van der Waals surface area (Å²) in [6.07, 6.45) is 3.26. The minimum Gasteiger partial charge on any atom is -0.378 e. The smallest absolute Gasteiger partial charge is 0.378 e. The molecule has 2 atom stereocenters. The largest absolute Gasteiger partial charge is 0.493 e. The van der Waals surface area contributed by atoms with Crippen molar-refractivity contribution in [3.8, 4) is 0 Å². The van der Waals surface area contributed by atoms with E-state index < -0.39 is 35.2 Å². The lowest BCUT2D eigenvalue weighted by atomic mass is 10.5. The van der Waals surface area contributed by atoms with Gasteiger partial charge in [-0.2, -0.15) is 0 Å². The molecule has 0 aromatic carbocycles. The molecular weight excluding hydrogens is 625 g/mol. The van der Waals surface area contributed by atoms with E-state index in [1.807, 2.05) is 56.4 Å². The van der Waals surface area contributed by atoms with E-state index in [1.54, 1.807) is 42.7 Å². The minimum absolute atomic E-state index is 0.543. The number of hydrogen-bond acceptors (Lipinski definition) is 13. The first kappa shape index (κ1) is 43.3. The summed E-state index contributed by atoms with van der Waals surface area (Å²) < 4.78 is 57.9. The molecule has 0 saturated carbocycles. The molecule has 0 heterocycles. The monoisotopic (exact) mass is 690 g/mol. The Bertz CT molecular complexity index is 656. The number of nitrogens with zero attached hydrogens (tertiary/aromatic N) is 4. The molecule has 0 aromatic rings. The second kappa shape index (κ2) is 22.0. The molecule has 0 aliphatic rings. The Labute approximate surface area is 268 Å². The third-order valence-electron chi connectivity index (χ3n) is 7.15. The Morgan fingerprint density at radius 3 is 0.698 bits per heavy atom. The zero-order valence-electron chi connectivity index (χ0n) is 29.9. The van der Waals surface area contributed by atoms with Crippen LogP contribution in [0.5, 0.6) is 0 Å². The van der Waals surface area contributed by atoms with Crippen LogP contribution in [0, 0.1) is 0 Å². The van der Waals surface area contributed by atoms with Gasteiger partial charge >= 0.3 is 35.2 Å². The van der Waals surface area contributed by atoms with Crippen LogP contribution >= 0.6 is 0 Å². The first-order valence-electron chi connectivity index (χ1n) is 15.2. The lowest BCUT2D eigenvalue weighted by Crippen LogP contribution is -2.66. The van der Waals surface area contributed by atoms with Crippen molar-refractivity contribution in [3.05, 3.63) is 0 Å². The SMILES string of the molecule is CO[Si](CCCN(C)C)(OC)O[Si](CCCN(C)C)(OC)O[Si](CCCN(C)C)(OC)O[Si](CCCN(C)C)(OC)OC. The second-order valence-corrected chi connectivity index (χ2v) is 24.3. The predicted octanol–water partition coefficient (Wildman–Crippen LogP) is 2.48. The van der Waals surface area contributed by atoms with E-state index in [0.29, 0.717) is 24.2 Å². The van der Waals surface area contributed by atoms with Crippen molar-refractivity contribution in [1.82, 2.24) is 19.6 Å². The van der Waals surface area contributed by atoms with Crippen LogP contribution in [0.1, 0.15) is 25.7 Å². The summed E-state index contributed by atoms with van der Waals surface area (Å²) in [5.74, 6) is 0. The van der Waals surface area contributed by atoms with Crippen molar-refractivity contribution < 1.29 is 38.9 Å². The fraction of sp³-hybridized carbons (Fsp3) is 1.00. The van der Waals surface area contributed by atoms with Crippen molar-refractivity contribution in [2.45, 2.75) is 49.9 Å². The maximum absolute atomic E-state index is 7.14. The Kier molecular flexibility index (Phi) is 22.2. The van der Waals surface area contributed by atoms with Crippen LogP contribution in [0.25, 0.3) is 0 Å². The predicted molar refractivity (Wildman–Crippen MR) is 180 cm³/mol. The van der Waals surface area contributed by atoms with Crippen molar-refractivity contribution >= 4 is 35.2 Å². The highest BCUT2D eigenvalue weighted by atomic mass is 28.5. The van der Waals surface area contributed by atoms with Gasteiger partial charge in [-0.05, 0) is 108 Å². The molecule has 0 amide bonds. The first-order chi connectivity index (χ1) is 20.2. The lowest BCUT2D eigenvalue weighted by molar-refractivity contribution is 0.0598. The van der Waals surface area contributed by atoms with Gasteiger partial charge in [-0.15, -0.1) is 0 Å². The van der Waals surface area contributed by atoms with Crippen molar-refractivity contribution in [2.24, 2.45) is 0 Å². The number of rotatable bonds is 28. The molecule has 0 aromatic heterocycles. The molecule has 0 aliphatic carbocycles. The topological polar surface area (TPSA) is 96.0 Å². The zero-order chi connectivity index (χ0) is 33.2. The summed E-state index contributed by atoms with van der Waals surface area (Å²) in [6, 6.07) is 2.33. The molecule has 260 valence electrons. The molecule has 0 fully saturated rings. The zero-order valence-corrected chi connectivity index (χ0v) is 33.9. The highest BCUT2D eigenvalue weighted by Crippen LogP contribution is 2.34. The van der Waals surface area contributed by atoms with Gasteiger partial charge in [0.05, 0.1) is 0 Å². The van der Waals surface area contributed by atoms with Gasteiger partial charge in [-0.25, -0.2) is 0 Å². The Hall–Kier alpha value is 0.348. The molecule has 0 bridgehead atoms. The maximum atomic E-state index is 7.14. The Balaban J connectivity index is 6.75. The van der Waals surface area contributed by atoms with Gasteiger partial charge in [0.25, 0.3) is 0 Å². The van der Waals surface area contributed by atoms with Gasteiger partial charge in [0.1, 0.15) is 0 Å². The third kappa shape index (κ3) is 16.6. The lowest BCUT2D eigenvalue weighted by Gasteiger charge is -2.43. The van der Waals surface area contributed by atoms with E-state index in [-0.39, 0.29) is 0 Å². The molecule has 13 nitrogen and oxygen atoms in total. The summed E-state index contributed by atoms with van der Waals surface area (Å²) in [4.78, 5) is 8.54. The van der Waals surface area contributed by atoms with E-state index in [2.05, 4.69) is 19.6 Å². The summed E-state index contributed by atoms with van der Waals surface area (Å²) in [5.41, 5.74) is 0. The van der Waals surface area contributed by atoms with E-state index in [0.717, 1.165) is 51.9 Å². The van der Waals surface area contributed by atoms with Crippen LogP contribution in [0.3, 0.4) is 0 Å². The van der Waals surface area contributed by atoms with Crippen LogP contribution in [-0.4, -0.2) is 180 Å². The molecule has 0 spiro atoms. The van der Waals surface area contributed by atoms with Gasteiger partial charge in [-0.1, -0.05) is 0 Å². The molecule has 0 rings (SSSR count). The number of hydrogen-bond donors (Lipinski definition) is 0. The molecule has 0 N–H and O–H groups in total. The summed E-state index contributed by atoms with van der Waals surface area (Å²) >= 11 is 0. The van der Waals surface area contributed by atoms with Crippen molar-refractivity contribution in [3.63, 3.8) is 0 Å². The standard InChI is InChI=1S/C26H66N4O9Si4/c1-27(2)19-15-23-40(31-9,32-10)37-42(35-13,25-17-21-29(5)6)39-43(36-14,26-18-22-30(7)8)38-41(33-11,34-12)24-16-20-28(3)4/h15-26H2,1-14H3. The average molecular weight is 691 g/mol. The van der Waals surface area contributed by atoms with Crippen LogP contribution in [-0.2, 0) is 38.9 Å². The molecule has 2 unspecified atom stereocenters. The van der Waals surface area contributed by atoms with Crippen molar-refractivity contribution in [1.29, 1.82) is 0 Å². The van der Waals surface area contributed by atoms with Gasteiger partial charge in [0.2, 0.25) is 0 Å².